The Morgan fingerprint density at radius 1 is 1.06 bits per heavy atom. The number of carbonyl (C=O) groups excluding carboxylic acids is 2. The first-order valence-corrected chi connectivity index (χ1v) is 10.5. The highest BCUT2D eigenvalue weighted by Crippen LogP contribution is 2.41. The minimum Gasteiger partial charge on any atom is -0.351 e. The van der Waals surface area contributed by atoms with Crippen molar-refractivity contribution in [3.05, 3.63) is 83.9 Å². The molecule has 1 saturated carbocycles. The first-order chi connectivity index (χ1) is 15.0. The number of amides is 2. The number of halogens is 1. The van der Waals surface area contributed by atoms with Crippen LogP contribution in [-0.2, 0) is 28.1 Å². The van der Waals surface area contributed by atoms with Gasteiger partial charge in [0, 0.05) is 24.6 Å². The average Bonchev–Trinajstić information content (AvgIpc) is 3.45. The topological polar surface area (TPSA) is 76.0 Å². The van der Waals surface area contributed by atoms with E-state index in [2.05, 4.69) is 15.7 Å². The molecule has 1 fully saturated rings. The van der Waals surface area contributed by atoms with Crippen LogP contribution in [0.4, 0.5) is 10.1 Å². The van der Waals surface area contributed by atoms with E-state index in [1.165, 1.54) is 12.1 Å². The highest BCUT2D eigenvalue weighted by atomic mass is 19.1. The number of rotatable bonds is 7. The zero-order valence-electron chi connectivity index (χ0n) is 17.2. The minimum atomic E-state index is -0.683. The third-order valence-electron chi connectivity index (χ3n) is 5.80. The molecule has 0 aliphatic heterocycles. The van der Waals surface area contributed by atoms with Crippen LogP contribution in [0, 0.1) is 5.82 Å². The molecule has 0 saturated heterocycles. The Balaban J connectivity index is 1.41. The van der Waals surface area contributed by atoms with Crippen molar-refractivity contribution in [3.8, 4) is 0 Å². The van der Waals surface area contributed by atoms with E-state index in [0.29, 0.717) is 25.1 Å². The first kappa shape index (κ1) is 20.8. The molecule has 1 heterocycles. The zero-order chi connectivity index (χ0) is 21.7. The van der Waals surface area contributed by atoms with Gasteiger partial charge in [-0.05, 0) is 54.3 Å². The summed E-state index contributed by atoms with van der Waals surface area (Å²) in [4.78, 5) is 25.4. The lowest BCUT2D eigenvalue weighted by Crippen LogP contribution is -2.42. The van der Waals surface area contributed by atoms with Gasteiger partial charge in [-0.3, -0.25) is 14.3 Å². The van der Waals surface area contributed by atoms with Crippen molar-refractivity contribution in [1.82, 2.24) is 15.1 Å². The number of hydrogen-bond donors (Lipinski definition) is 2. The molecule has 1 aliphatic rings. The second kappa shape index (κ2) is 9.12. The number of hydrogen-bond acceptors (Lipinski definition) is 3. The van der Waals surface area contributed by atoms with E-state index in [9.17, 15) is 14.0 Å². The van der Waals surface area contributed by atoms with Crippen LogP contribution in [0.25, 0.3) is 0 Å². The summed E-state index contributed by atoms with van der Waals surface area (Å²) in [6.07, 6.45) is 6.67. The molecule has 0 atom stereocenters. The minimum absolute atomic E-state index is 0.0799. The number of nitrogens with zero attached hydrogens (tertiary/aromatic N) is 2. The lowest BCUT2D eigenvalue weighted by atomic mass is 9.78. The number of aromatic nitrogens is 2. The quantitative estimate of drug-likeness (QED) is 0.611. The summed E-state index contributed by atoms with van der Waals surface area (Å²) in [6, 6.07) is 15.5. The van der Waals surface area contributed by atoms with Crippen LogP contribution < -0.4 is 10.6 Å². The fourth-order valence-corrected chi connectivity index (χ4v) is 4.26. The fraction of sp³-hybridized carbons (Fsp3) is 0.292. The van der Waals surface area contributed by atoms with Gasteiger partial charge in [-0.15, -0.1) is 0 Å². The number of nitrogens with one attached hydrogen (secondary N) is 2. The molecule has 2 amide bonds. The van der Waals surface area contributed by atoms with Crippen LogP contribution in [-0.4, -0.2) is 21.6 Å². The molecular weight excluding hydrogens is 395 g/mol. The van der Waals surface area contributed by atoms with E-state index in [0.717, 1.165) is 24.0 Å². The normalized spacial score (nSPS) is 14.9. The Hall–Kier alpha value is -3.48. The Kier molecular flexibility index (Phi) is 6.11. The molecule has 0 radical (unpaired) electrons. The highest BCUT2D eigenvalue weighted by Gasteiger charge is 2.42. The summed E-state index contributed by atoms with van der Waals surface area (Å²) in [5, 5.41) is 9.90. The van der Waals surface area contributed by atoms with Gasteiger partial charge in [0.05, 0.1) is 5.41 Å². The predicted molar refractivity (Wildman–Crippen MR) is 116 cm³/mol. The van der Waals surface area contributed by atoms with E-state index < -0.39 is 5.41 Å². The van der Waals surface area contributed by atoms with Crippen LogP contribution in [0.2, 0.25) is 0 Å². The maximum absolute atomic E-state index is 13.8. The Morgan fingerprint density at radius 3 is 2.61 bits per heavy atom. The highest BCUT2D eigenvalue weighted by molar-refractivity contribution is 5.90. The summed E-state index contributed by atoms with van der Waals surface area (Å²) < 4.78 is 15.3. The molecular formula is C24H25FN4O2. The predicted octanol–water partition coefficient (Wildman–Crippen LogP) is 3.79. The maximum atomic E-state index is 13.8. The molecule has 0 unspecified atom stereocenters. The van der Waals surface area contributed by atoms with Gasteiger partial charge in [0.25, 0.3) is 0 Å². The van der Waals surface area contributed by atoms with Crippen LogP contribution in [0.5, 0.6) is 0 Å². The molecule has 6 nitrogen and oxygen atoms in total. The van der Waals surface area contributed by atoms with Crippen molar-refractivity contribution < 1.29 is 14.0 Å². The Morgan fingerprint density at radius 2 is 1.87 bits per heavy atom. The molecule has 160 valence electrons. The smallest absolute Gasteiger partial charge is 0.246 e. The van der Waals surface area contributed by atoms with Crippen molar-refractivity contribution in [3.63, 3.8) is 0 Å². The molecule has 0 spiro atoms. The maximum Gasteiger partial charge on any atom is 0.246 e. The van der Waals surface area contributed by atoms with Crippen molar-refractivity contribution in [2.45, 2.75) is 44.2 Å². The van der Waals surface area contributed by atoms with Crippen LogP contribution in [0.3, 0.4) is 0 Å². The Labute approximate surface area is 180 Å². The summed E-state index contributed by atoms with van der Waals surface area (Å²) in [5.41, 5.74) is 1.59. The third kappa shape index (κ3) is 4.82. The van der Waals surface area contributed by atoms with Gasteiger partial charge >= 0.3 is 0 Å². The Bertz CT molecular complexity index is 1060. The summed E-state index contributed by atoms with van der Waals surface area (Å²) in [7, 11) is 0. The van der Waals surface area contributed by atoms with Crippen molar-refractivity contribution >= 4 is 17.5 Å². The van der Waals surface area contributed by atoms with Gasteiger partial charge in [0.15, 0.2) is 0 Å². The van der Waals surface area contributed by atoms with E-state index in [-0.39, 0.29) is 24.2 Å². The standard InChI is InChI=1S/C24H25FN4O2/c25-20-8-4-7-19(15-20)24(10-1-2-11-24)23(31)26-16-18-6-3-9-21(14-18)28-22(30)17-29-13-5-12-27-29/h3-9,12-15H,1-2,10-11,16-17H2,(H,26,31)(H,28,30). The van der Waals surface area contributed by atoms with E-state index in [4.69, 9.17) is 0 Å². The third-order valence-corrected chi connectivity index (χ3v) is 5.80. The largest absolute Gasteiger partial charge is 0.351 e. The second-order valence-electron chi connectivity index (χ2n) is 7.93. The summed E-state index contributed by atoms with van der Waals surface area (Å²) in [6.45, 7) is 0.461. The number of carbonyl (C=O) groups is 2. The zero-order valence-corrected chi connectivity index (χ0v) is 17.2. The lowest BCUT2D eigenvalue weighted by Gasteiger charge is -2.28. The molecule has 2 aromatic carbocycles. The SMILES string of the molecule is O=C(Cn1cccn1)Nc1cccc(CNC(=O)C2(c3cccc(F)c3)CCCC2)c1. The van der Waals surface area contributed by atoms with Gasteiger partial charge in [-0.25, -0.2) is 4.39 Å². The van der Waals surface area contributed by atoms with Crippen molar-refractivity contribution in [2.24, 2.45) is 0 Å². The van der Waals surface area contributed by atoms with Crippen LogP contribution >= 0.6 is 0 Å². The van der Waals surface area contributed by atoms with Crippen molar-refractivity contribution in [1.29, 1.82) is 0 Å². The van der Waals surface area contributed by atoms with E-state index in [1.54, 1.807) is 35.3 Å². The molecule has 31 heavy (non-hydrogen) atoms. The molecule has 1 aliphatic carbocycles. The van der Waals surface area contributed by atoms with Gasteiger partial charge < -0.3 is 10.6 Å². The first-order valence-electron chi connectivity index (χ1n) is 10.5. The molecule has 7 heteroatoms. The molecule has 1 aromatic heterocycles. The summed E-state index contributed by atoms with van der Waals surface area (Å²) >= 11 is 0. The number of anilines is 1. The van der Waals surface area contributed by atoms with Crippen LogP contribution in [0.1, 0.15) is 36.8 Å². The molecule has 2 N–H and O–H groups in total. The van der Waals surface area contributed by atoms with Gasteiger partial charge in [0.2, 0.25) is 11.8 Å². The van der Waals surface area contributed by atoms with E-state index >= 15 is 0 Å². The van der Waals surface area contributed by atoms with Gasteiger partial charge in [0.1, 0.15) is 12.4 Å². The fourth-order valence-electron chi connectivity index (χ4n) is 4.26. The van der Waals surface area contributed by atoms with Gasteiger partial charge in [-0.1, -0.05) is 37.1 Å². The van der Waals surface area contributed by atoms with E-state index in [1.807, 2.05) is 24.3 Å². The lowest BCUT2D eigenvalue weighted by molar-refractivity contribution is -0.126. The molecule has 0 bridgehead atoms. The van der Waals surface area contributed by atoms with Gasteiger partial charge in [-0.2, -0.15) is 5.10 Å². The monoisotopic (exact) mass is 420 g/mol. The van der Waals surface area contributed by atoms with Crippen molar-refractivity contribution in [2.75, 3.05) is 5.32 Å². The number of benzene rings is 2. The molecule has 4 rings (SSSR count). The average molecular weight is 420 g/mol. The molecule has 3 aromatic rings. The summed E-state index contributed by atoms with van der Waals surface area (Å²) in [5.74, 6) is -0.584. The van der Waals surface area contributed by atoms with Crippen LogP contribution in [0.15, 0.2) is 67.0 Å². The second-order valence-corrected chi connectivity index (χ2v) is 7.93.